The van der Waals surface area contributed by atoms with Crippen LogP contribution in [0.2, 0.25) is 0 Å². The van der Waals surface area contributed by atoms with E-state index in [1.807, 2.05) is 0 Å². The molecule has 2 fully saturated rings. The zero-order valence-corrected chi connectivity index (χ0v) is 10.7. The van der Waals surface area contributed by atoms with Gasteiger partial charge in [0, 0.05) is 12.6 Å². The number of carbonyl (C=O) groups is 3. The van der Waals surface area contributed by atoms with Gasteiger partial charge in [-0.25, -0.2) is 0 Å². The molecule has 1 atom stereocenters. The van der Waals surface area contributed by atoms with Crippen LogP contribution in [0, 0.1) is 5.92 Å². The SMILES string of the molecule is CCOC(=O)C1CN(C2CCCCC2)C(=O)C1=O. The molecule has 1 aliphatic carbocycles. The summed E-state index contributed by atoms with van der Waals surface area (Å²) in [6, 6.07) is 0.134. The van der Waals surface area contributed by atoms with E-state index in [0.717, 1.165) is 25.7 Å². The molecule has 0 aromatic carbocycles. The van der Waals surface area contributed by atoms with Crippen LogP contribution in [0.25, 0.3) is 0 Å². The molecule has 0 bridgehead atoms. The first-order valence-corrected chi connectivity index (χ1v) is 6.66. The summed E-state index contributed by atoms with van der Waals surface area (Å²) in [5.41, 5.74) is 0. The van der Waals surface area contributed by atoms with Crippen LogP contribution < -0.4 is 0 Å². The van der Waals surface area contributed by atoms with Gasteiger partial charge in [-0.05, 0) is 19.8 Å². The van der Waals surface area contributed by atoms with Crippen LogP contribution in [0.4, 0.5) is 0 Å². The van der Waals surface area contributed by atoms with E-state index in [1.165, 1.54) is 6.42 Å². The highest BCUT2D eigenvalue weighted by Crippen LogP contribution is 2.27. The van der Waals surface area contributed by atoms with Crippen molar-refractivity contribution >= 4 is 17.7 Å². The molecule has 1 unspecified atom stereocenters. The summed E-state index contributed by atoms with van der Waals surface area (Å²) in [6.07, 6.45) is 5.25. The average molecular weight is 253 g/mol. The summed E-state index contributed by atoms with van der Waals surface area (Å²) >= 11 is 0. The van der Waals surface area contributed by atoms with Crippen molar-refractivity contribution in [2.45, 2.75) is 45.1 Å². The van der Waals surface area contributed by atoms with Crippen LogP contribution in [0.1, 0.15) is 39.0 Å². The van der Waals surface area contributed by atoms with Crippen molar-refractivity contribution in [1.82, 2.24) is 4.90 Å². The number of ketones is 1. The summed E-state index contributed by atoms with van der Waals surface area (Å²) in [5.74, 6) is -2.56. The van der Waals surface area contributed by atoms with Crippen molar-refractivity contribution in [3.05, 3.63) is 0 Å². The third kappa shape index (κ3) is 2.40. The van der Waals surface area contributed by atoms with Gasteiger partial charge in [-0.2, -0.15) is 0 Å². The molecule has 0 aromatic heterocycles. The molecule has 100 valence electrons. The monoisotopic (exact) mass is 253 g/mol. The van der Waals surface area contributed by atoms with Gasteiger partial charge in [-0.1, -0.05) is 19.3 Å². The second-order valence-electron chi connectivity index (χ2n) is 4.92. The van der Waals surface area contributed by atoms with E-state index in [2.05, 4.69) is 0 Å². The third-order valence-electron chi connectivity index (χ3n) is 3.75. The second-order valence-corrected chi connectivity index (χ2v) is 4.92. The molecule has 1 saturated carbocycles. The minimum atomic E-state index is -0.903. The Balaban J connectivity index is 2.04. The van der Waals surface area contributed by atoms with E-state index < -0.39 is 23.6 Å². The topological polar surface area (TPSA) is 63.7 Å². The van der Waals surface area contributed by atoms with Crippen molar-refractivity contribution in [2.24, 2.45) is 5.92 Å². The van der Waals surface area contributed by atoms with Gasteiger partial charge < -0.3 is 9.64 Å². The molecule has 1 heterocycles. The predicted octanol–water partition coefficient (Wildman–Crippen LogP) is 0.910. The molecular formula is C13H19NO4. The molecule has 2 rings (SSSR count). The van der Waals surface area contributed by atoms with Crippen LogP contribution in [-0.2, 0) is 19.1 Å². The maximum Gasteiger partial charge on any atom is 0.318 e. The summed E-state index contributed by atoms with van der Waals surface area (Å²) in [4.78, 5) is 36.9. The molecule has 2 aliphatic rings. The molecule has 1 saturated heterocycles. The Kier molecular flexibility index (Phi) is 3.99. The Morgan fingerprint density at radius 3 is 2.56 bits per heavy atom. The van der Waals surface area contributed by atoms with Crippen molar-refractivity contribution in [3.8, 4) is 0 Å². The molecule has 5 nitrogen and oxygen atoms in total. The molecule has 1 aliphatic heterocycles. The van der Waals surface area contributed by atoms with E-state index in [1.54, 1.807) is 11.8 Å². The number of ether oxygens (including phenoxy) is 1. The van der Waals surface area contributed by atoms with Crippen molar-refractivity contribution in [1.29, 1.82) is 0 Å². The highest BCUT2D eigenvalue weighted by atomic mass is 16.5. The van der Waals surface area contributed by atoms with Gasteiger partial charge in [0.25, 0.3) is 5.91 Å². The maximum atomic E-state index is 11.9. The molecule has 0 radical (unpaired) electrons. The number of Topliss-reactive ketones (excluding diaryl/α,β-unsaturated/α-hetero) is 1. The van der Waals surface area contributed by atoms with E-state index in [9.17, 15) is 14.4 Å². The lowest BCUT2D eigenvalue weighted by molar-refractivity contribution is -0.151. The van der Waals surface area contributed by atoms with Gasteiger partial charge in [0.15, 0.2) is 0 Å². The van der Waals surface area contributed by atoms with Gasteiger partial charge in [0.2, 0.25) is 5.78 Å². The second kappa shape index (κ2) is 5.50. The van der Waals surface area contributed by atoms with Gasteiger partial charge in [0.05, 0.1) is 6.61 Å². The van der Waals surface area contributed by atoms with Crippen LogP contribution in [0.3, 0.4) is 0 Å². The first-order valence-electron chi connectivity index (χ1n) is 6.66. The number of hydrogen-bond acceptors (Lipinski definition) is 4. The average Bonchev–Trinajstić information content (AvgIpc) is 2.68. The smallest absolute Gasteiger partial charge is 0.318 e. The maximum absolute atomic E-state index is 11.9. The van der Waals surface area contributed by atoms with Crippen LogP contribution in [-0.4, -0.2) is 41.8 Å². The van der Waals surface area contributed by atoms with E-state index in [0.29, 0.717) is 0 Å². The normalized spacial score (nSPS) is 25.6. The minimum Gasteiger partial charge on any atom is -0.465 e. The number of esters is 1. The van der Waals surface area contributed by atoms with Crippen molar-refractivity contribution < 1.29 is 19.1 Å². The molecule has 0 spiro atoms. The number of hydrogen-bond donors (Lipinski definition) is 0. The fourth-order valence-electron chi connectivity index (χ4n) is 2.79. The number of nitrogens with zero attached hydrogens (tertiary/aromatic N) is 1. The summed E-state index contributed by atoms with van der Waals surface area (Å²) in [6.45, 7) is 2.14. The lowest BCUT2D eigenvalue weighted by atomic mass is 9.94. The molecule has 18 heavy (non-hydrogen) atoms. The standard InChI is InChI=1S/C13H19NO4/c1-2-18-13(17)10-8-14(12(16)11(10)15)9-6-4-3-5-7-9/h9-10H,2-8H2,1H3. The summed E-state index contributed by atoms with van der Waals surface area (Å²) in [5, 5.41) is 0. The summed E-state index contributed by atoms with van der Waals surface area (Å²) in [7, 11) is 0. The highest BCUT2D eigenvalue weighted by Gasteiger charge is 2.46. The Labute approximate surface area is 106 Å². The number of likely N-dealkylation sites (tertiary alicyclic amines) is 1. The zero-order valence-electron chi connectivity index (χ0n) is 10.7. The number of rotatable bonds is 3. The lowest BCUT2D eigenvalue weighted by Gasteiger charge is -2.30. The van der Waals surface area contributed by atoms with E-state index in [-0.39, 0.29) is 19.2 Å². The van der Waals surface area contributed by atoms with Gasteiger partial charge in [-0.3, -0.25) is 14.4 Å². The minimum absolute atomic E-state index is 0.134. The van der Waals surface area contributed by atoms with Crippen molar-refractivity contribution in [2.75, 3.05) is 13.2 Å². The fourth-order valence-corrected chi connectivity index (χ4v) is 2.79. The van der Waals surface area contributed by atoms with Crippen LogP contribution >= 0.6 is 0 Å². The quantitative estimate of drug-likeness (QED) is 0.426. The van der Waals surface area contributed by atoms with Gasteiger partial charge in [-0.15, -0.1) is 0 Å². The first-order chi connectivity index (χ1) is 8.65. The molecule has 5 heteroatoms. The predicted molar refractivity (Wildman–Crippen MR) is 63.7 cm³/mol. The zero-order chi connectivity index (χ0) is 13.1. The van der Waals surface area contributed by atoms with Crippen molar-refractivity contribution in [3.63, 3.8) is 0 Å². The lowest BCUT2D eigenvalue weighted by Crippen LogP contribution is -2.39. The van der Waals surface area contributed by atoms with Crippen LogP contribution in [0.15, 0.2) is 0 Å². The molecule has 0 N–H and O–H groups in total. The Bertz CT molecular complexity index is 360. The van der Waals surface area contributed by atoms with E-state index in [4.69, 9.17) is 4.74 Å². The number of carbonyl (C=O) groups excluding carboxylic acids is 3. The Morgan fingerprint density at radius 1 is 1.28 bits per heavy atom. The third-order valence-corrected chi connectivity index (χ3v) is 3.75. The molecule has 0 aromatic rings. The fraction of sp³-hybridized carbons (Fsp3) is 0.769. The van der Waals surface area contributed by atoms with Gasteiger partial charge in [0.1, 0.15) is 5.92 Å². The first kappa shape index (κ1) is 13.1. The Morgan fingerprint density at radius 2 is 1.94 bits per heavy atom. The largest absolute Gasteiger partial charge is 0.465 e. The van der Waals surface area contributed by atoms with E-state index >= 15 is 0 Å². The number of amides is 1. The Hall–Kier alpha value is -1.39. The molecule has 1 amide bonds. The molecular weight excluding hydrogens is 234 g/mol. The summed E-state index contributed by atoms with van der Waals surface area (Å²) < 4.78 is 4.84. The van der Waals surface area contributed by atoms with Crippen LogP contribution in [0.5, 0.6) is 0 Å². The highest BCUT2D eigenvalue weighted by molar-refractivity contribution is 6.42. The van der Waals surface area contributed by atoms with Gasteiger partial charge >= 0.3 is 5.97 Å².